The van der Waals surface area contributed by atoms with Crippen LogP contribution in [0.3, 0.4) is 0 Å². The molecule has 4 nitrogen and oxygen atoms in total. The zero-order valence-corrected chi connectivity index (χ0v) is 15.3. The minimum Gasteiger partial charge on any atom is -0.481 e. The van der Waals surface area contributed by atoms with Gasteiger partial charge >= 0.3 is 5.97 Å². The van der Waals surface area contributed by atoms with Gasteiger partial charge in [-0.1, -0.05) is 91.0 Å². The number of benzene rings is 3. The number of imidazole rings is 1. The molecule has 0 bridgehead atoms. The van der Waals surface area contributed by atoms with Crippen molar-refractivity contribution in [1.82, 2.24) is 9.55 Å². The van der Waals surface area contributed by atoms with Gasteiger partial charge in [0.2, 0.25) is 0 Å². The van der Waals surface area contributed by atoms with E-state index in [-0.39, 0.29) is 6.42 Å². The van der Waals surface area contributed by atoms with Crippen molar-refractivity contribution in [3.8, 4) is 0 Å². The molecule has 4 heteroatoms. The Balaban J connectivity index is 2.11. The molecule has 0 aliphatic rings. The van der Waals surface area contributed by atoms with E-state index in [1.54, 1.807) is 6.20 Å². The molecule has 138 valence electrons. The highest BCUT2D eigenvalue weighted by atomic mass is 16.4. The van der Waals surface area contributed by atoms with Gasteiger partial charge in [-0.2, -0.15) is 0 Å². The second kappa shape index (κ2) is 7.53. The number of nitrogens with zero attached hydrogens (tertiary/aromatic N) is 2. The maximum Gasteiger partial charge on any atom is 0.311 e. The van der Waals surface area contributed by atoms with E-state index in [0.29, 0.717) is 5.82 Å². The predicted octanol–water partition coefficient (Wildman–Crippen LogP) is 4.35. The molecule has 0 unspecified atom stereocenters. The number of rotatable bonds is 6. The maximum atomic E-state index is 11.5. The first-order valence-corrected chi connectivity index (χ1v) is 9.14. The highest BCUT2D eigenvalue weighted by Crippen LogP contribution is 2.41. The zero-order chi connectivity index (χ0) is 19.4. The number of carbonyl (C=O) groups is 1. The summed E-state index contributed by atoms with van der Waals surface area (Å²) in [6, 6.07) is 30.4. The van der Waals surface area contributed by atoms with E-state index in [0.717, 1.165) is 16.7 Å². The second-order valence-corrected chi connectivity index (χ2v) is 6.59. The Bertz CT molecular complexity index is 961. The molecule has 1 aromatic heterocycles. The molecule has 0 saturated heterocycles. The van der Waals surface area contributed by atoms with Crippen LogP contribution in [-0.2, 0) is 16.8 Å². The largest absolute Gasteiger partial charge is 0.481 e. The quantitative estimate of drug-likeness (QED) is 0.515. The number of carboxylic acid groups (broad SMARTS) is 1. The predicted molar refractivity (Wildman–Crippen MR) is 108 cm³/mol. The third-order valence-corrected chi connectivity index (χ3v) is 4.96. The third-order valence-electron chi connectivity index (χ3n) is 4.96. The van der Waals surface area contributed by atoms with Gasteiger partial charge in [-0.3, -0.25) is 4.79 Å². The lowest BCUT2D eigenvalue weighted by molar-refractivity contribution is -0.136. The average Bonchev–Trinajstić information content (AvgIpc) is 3.19. The van der Waals surface area contributed by atoms with Crippen LogP contribution in [0.1, 0.15) is 22.5 Å². The van der Waals surface area contributed by atoms with Crippen LogP contribution in [0.4, 0.5) is 0 Å². The van der Waals surface area contributed by atoms with Gasteiger partial charge < -0.3 is 9.67 Å². The van der Waals surface area contributed by atoms with E-state index in [9.17, 15) is 9.90 Å². The van der Waals surface area contributed by atoms with Crippen LogP contribution in [0.5, 0.6) is 0 Å². The maximum absolute atomic E-state index is 11.5. The van der Waals surface area contributed by atoms with E-state index >= 15 is 0 Å². The van der Waals surface area contributed by atoms with Crippen molar-refractivity contribution in [2.75, 3.05) is 0 Å². The summed E-state index contributed by atoms with van der Waals surface area (Å²) < 4.78 is 1.99. The molecule has 0 saturated carbocycles. The van der Waals surface area contributed by atoms with Crippen LogP contribution in [0.15, 0.2) is 103 Å². The molecule has 0 spiro atoms. The van der Waals surface area contributed by atoms with Crippen molar-refractivity contribution in [3.05, 3.63) is 126 Å². The summed E-state index contributed by atoms with van der Waals surface area (Å²) in [6.45, 7) is 0. The smallest absolute Gasteiger partial charge is 0.311 e. The van der Waals surface area contributed by atoms with Gasteiger partial charge in [0.15, 0.2) is 0 Å². The molecule has 0 atom stereocenters. The van der Waals surface area contributed by atoms with Crippen LogP contribution in [0.2, 0.25) is 0 Å². The minimum absolute atomic E-state index is 0.152. The van der Waals surface area contributed by atoms with Crippen LogP contribution in [-0.4, -0.2) is 20.6 Å². The van der Waals surface area contributed by atoms with Crippen molar-refractivity contribution in [1.29, 1.82) is 0 Å². The summed E-state index contributed by atoms with van der Waals surface area (Å²) in [6.07, 6.45) is 3.38. The summed E-state index contributed by atoms with van der Waals surface area (Å²) in [5.74, 6) is -0.403. The average molecular weight is 368 g/mol. The summed E-state index contributed by atoms with van der Waals surface area (Å²) >= 11 is 0. The second-order valence-electron chi connectivity index (χ2n) is 6.59. The van der Waals surface area contributed by atoms with E-state index in [2.05, 4.69) is 41.4 Å². The van der Waals surface area contributed by atoms with Crippen molar-refractivity contribution >= 4 is 5.97 Å². The van der Waals surface area contributed by atoms with Gasteiger partial charge in [-0.15, -0.1) is 0 Å². The third kappa shape index (κ3) is 2.99. The Labute approximate surface area is 163 Å². The lowest BCUT2D eigenvalue weighted by Crippen LogP contribution is -2.38. The highest BCUT2D eigenvalue weighted by Gasteiger charge is 2.39. The number of hydrogen-bond acceptors (Lipinski definition) is 2. The molecule has 0 radical (unpaired) electrons. The molecule has 0 amide bonds. The van der Waals surface area contributed by atoms with E-state index in [1.807, 2.05) is 65.4 Å². The van der Waals surface area contributed by atoms with Gasteiger partial charge in [0, 0.05) is 12.4 Å². The normalized spacial score (nSPS) is 11.3. The van der Waals surface area contributed by atoms with Crippen molar-refractivity contribution < 1.29 is 9.90 Å². The Morgan fingerprint density at radius 1 is 0.786 bits per heavy atom. The first-order valence-electron chi connectivity index (χ1n) is 9.14. The monoisotopic (exact) mass is 368 g/mol. The van der Waals surface area contributed by atoms with Gasteiger partial charge in [0.25, 0.3) is 0 Å². The molecule has 4 rings (SSSR count). The Hall–Kier alpha value is -3.66. The lowest BCUT2D eigenvalue weighted by atomic mass is 9.76. The molecular weight excluding hydrogens is 348 g/mol. The molecular formula is C24H20N2O2. The van der Waals surface area contributed by atoms with Gasteiger partial charge in [0.05, 0.1) is 0 Å². The Kier molecular flexibility index (Phi) is 4.77. The van der Waals surface area contributed by atoms with Gasteiger partial charge in [-0.25, -0.2) is 4.98 Å². The number of carboxylic acids is 1. The van der Waals surface area contributed by atoms with Crippen molar-refractivity contribution in [2.45, 2.75) is 12.0 Å². The highest BCUT2D eigenvalue weighted by molar-refractivity contribution is 5.69. The summed E-state index contributed by atoms with van der Waals surface area (Å²) in [5.41, 5.74) is 2.39. The Morgan fingerprint density at radius 2 is 1.21 bits per heavy atom. The fourth-order valence-electron chi connectivity index (χ4n) is 3.86. The zero-order valence-electron chi connectivity index (χ0n) is 15.3. The van der Waals surface area contributed by atoms with Crippen molar-refractivity contribution in [2.24, 2.45) is 0 Å². The fourth-order valence-corrected chi connectivity index (χ4v) is 3.86. The molecule has 0 aliphatic carbocycles. The lowest BCUT2D eigenvalue weighted by Gasteiger charge is -2.38. The van der Waals surface area contributed by atoms with Crippen LogP contribution in [0, 0.1) is 0 Å². The summed E-state index contributed by atoms with van der Waals surface area (Å²) in [5, 5.41) is 9.43. The van der Waals surface area contributed by atoms with E-state index < -0.39 is 11.5 Å². The first-order chi connectivity index (χ1) is 13.7. The Morgan fingerprint density at radius 3 is 1.61 bits per heavy atom. The summed E-state index contributed by atoms with van der Waals surface area (Å²) in [4.78, 5) is 15.9. The summed E-state index contributed by atoms with van der Waals surface area (Å²) in [7, 11) is 0. The van der Waals surface area contributed by atoms with E-state index in [1.165, 1.54) is 0 Å². The molecule has 3 aromatic carbocycles. The molecule has 0 aliphatic heterocycles. The molecule has 4 aromatic rings. The first kappa shape index (κ1) is 17.7. The van der Waals surface area contributed by atoms with E-state index in [4.69, 9.17) is 0 Å². The standard InChI is InChI=1S/C24H20N2O2/c27-23(28)18-22-25-16-17-26(22)24(19-10-4-1-5-11-19,20-12-6-2-7-13-20)21-14-8-3-9-15-21/h1-17H,18H2,(H,27,28). The SMILES string of the molecule is O=C(O)Cc1nccn1C(c1ccccc1)(c1ccccc1)c1ccccc1. The van der Waals surface area contributed by atoms with Crippen LogP contribution < -0.4 is 0 Å². The molecule has 0 fully saturated rings. The minimum atomic E-state index is -0.907. The number of aliphatic carboxylic acids is 1. The topological polar surface area (TPSA) is 55.1 Å². The number of aromatic nitrogens is 2. The number of hydrogen-bond donors (Lipinski definition) is 1. The van der Waals surface area contributed by atoms with Gasteiger partial charge in [-0.05, 0) is 16.7 Å². The fraction of sp³-hybridized carbons (Fsp3) is 0.0833. The molecule has 1 heterocycles. The van der Waals surface area contributed by atoms with Crippen molar-refractivity contribution in [3.63, 3.8) is 0 Å². The van der Waals surface area contributed by atoms with Crippen LogP contribution >= 0.6 is 0 Å². The van der Waals surface area contributed by atoms with Gasteiger partial charge in [0.1, 0.15) is 17.8 Å². The van der Waals surface area contributed by atoms with Crippen LogP contribution in [0.25, 0.3) is 0 Å². The molecule has 28 heavy (non-hydrogen) atoms. The molecule has 1 N–H and O–H groups in total.